The molecule has 1 amide bonds. The zero-order valence-corrected chi connectivity index (χ0v) is 19.4. The lowest BCUT2D eigenvalue weighted by atomic mass is 9.88. The zero-order chi connectivity index (χ0) is 22.7. The normalized spacial score (nSPS) is 16.6. The molecule has 1 aromatic heterocycles. The lowest BCUT2D eigenvalue weighted by Crippen LogP contribution is -2.32. The van der Waals surface area contributed by atoms with Crippen molar-refractivity contribution in [1.29, 1.82) is 0 Å². The van der Waals surface area contributed by atoms with E-state index in [4.69, 9.17) is 0 Å². The molecule has 1 aliphatic rings. The van der Waals surface area contributed by atoms with Crippen molar-refractivity contribution in [1.82, 2.24) is 25.0 Å². The number of carbonyl (C=O) groups excluding carboxylic acids is 1. The Labute approximate surface area is 192 Å². The van der Waals surface area contributed by atoms with Gasteiger partial charge < -0.3 is 5.32 Å². The Balaban J connectivity index is 1.51. The second-order valence-electron chi connectivity index (χ2n) is 8.29. The SMILES string of the molecule is C[C@@H](c1nnc(SCC(=O)N[C@H]2CCCc3ccccc32)n1-c1ccc(F)cc1)N(C)C. The molecule has 0 fully saturated rings. The summed E-state index contributed by atoms with van der Waals surface area (Å²) in [5.74, 6) is 0.637. The van der Waals surface area contributed by atoms with Crippen molar-refractivity contribution in [2.45, 2.75) is 43.4 Å². The first-order chi connectivity index (χ1) is 15.4. The van der Waals surface area contributed by atoms with Gasteiger partial charge in [0, 0.05) is 5.69 Å². The number of benzene rings is 2. The topological polar surface area (TPSA) is 63.1 Å². The van der Waals surface area contributed by atoms with Crippen LogP contribution in [0.2, 0.25) is 0 Å². The Bertz CT molecular complexity index is 1080. The number of rotatable bonds is 7. The predicted octanol–water partition coefficient (Wildman–Crippen LogP) is 4.31. The molecule has 1 heterocycles. The molecule has 0 radical (unpaired) electrons. The summed E-state index contributed by atoms with van der Waals surface area (Å²) in [6.07, 6.45) is 3.08. The molecule has 1 aliphatic carbocycles. The van der Waals surface area contributed by atoms with E-state index in [2.05, 4.69) is 27.6 Å². The van der Waals surface area contributed by atoms with Crippen LogP contribution in [0.3, 0.4) is 0 Å². The van der Waals surface area contributed by atoms with Crippen LogP contribution in [0.25, 0.3) is 5.69 Å². The number of aryl methyl sites for hydroxylation is 1. The van der Waals surface area contributed by atoms with Crippen molar-refractivity contribution in [3.63, 3.8) is 0 Å². The third-order valence-corrected chi connectivity index (χ3v) is 6.86. The summed E-state index contributed by atoms with van der Waals surface area (Å²) in [6, 6.07) is 14.6. The first-order valence-corrected chi connectivity index (χ1v) is 11.8. The smallest absolute Gasteiger partial charge is 0.230 e. The zero-order valence-electron chi connectivity index (χ0n) is 18.6. The van der Waals surface area contributed by atoms with E-state index in [0.29, 0.717) is 5.16 Å². The van der Waals surface area contributed by atoms with Crippen molar-refractivity contribution in [2.75, 3.05) is 19.8 Å². The van der Waals surface area contributed by atoms with Crippen LogP contribution in [0, 0.1) is 5.82 Å². The van der Waals surface area contributed by atoms with Crippen molar-refractivity contribution >= 4 is 17.7 Å². The summed E-state index contributed by atoms with van der Waals surface area (Å²) in [7, 11) is 3.94. The molecule has 8 heteroatoms. The van der Waals surface area contributed by atoms with Gasteiger partial charge >= 0.3 is 0 Å². The highest BCUT2D eigenvalue weighted by Crippen LogP contribution is 2.30. The molecule has 0 bridgehead atoms. The van der Waals surface area contributed by atoms with Crippen LogP contribution < -0.4 is 5.32 Å². The molecule has 2 atom stereocenters. The van der Waals surface area contributed by atoms with E-state index in [1.807, 2.05) is 42.6 Å². The van der Waals surface area contributed by atoms with Crippen LogP contribution in [0.15, 0.2) is 53.7 Å². The minimum atomic E-state index is -0.301. The lowest BCUT2D eigenvalue weighted by molar-refractivity contribution is -0.119. The van der Waals surface area contributed by atoms with E-state index < -0.39 is 0 Å². The Morgan fingerprint density at radius 3 is 2.72 bits per heavy atom. The monoisotopic (exact) mass is 453 g/mol. The quantitative estimate of drug-likeness (QED) is 0.540. The summed E-state index contributed by atoms with van der Waals surface area (Å²) in [4.78, 5) is 14.8. The number of amides is 1. The predicted molar refractivity (Wildman–Crippen MR) is 124 cm³/mol. The number of aromatic nitrogens is 3. The molecule has 0 saturated carbocycles. The Kier molecular flexibility index (Phi) is 6.91. The summed E-state index contributed by atoms with van der Waals surface area (Å²) in [6.45, 7) is 2.03. The molecule has 0 unspecified atom stereocenters. The maximum atomic E-state index is 13.5. The summed E-state index contributed by atoms with van der Waals surface area (Å²) in [5, 5.41) is 12.5. The number of halogens is 1. The first-order valence-electron chi connectivity index (χ1n) is 10.8. The van der Waals surface area contributed by atoms with E-state index in [1.54, 1.807) is 12.1 Å². The number of hydrogen-bond donors (Lipinski definition) is 1. The molecule has 0 saturated heterocycles. The van der Waals surface area contributed by atoms with Gasteiger partial charge in [-0.3, -0.25) is 14.3 Å². The molecule has 32 heavy (non-hydrogen) atoms. The van der Waals surface area contributed by atoms with Gasteiger partial charge in [-0.1, -0.05) is 36.0 Å². The number of carbonyl (C=O) groups is 1. The average Bonchev–Trinajstić information content (AvgIpc) is 3.21. The first kappa shape index (κ1) is 22.5. The van der Waals surface area contributed by atoms with Gasteiger partial charge in [-0.15, -0.1) is 10.2 Å². The lowest BCUT2D eigenvalue weighted by Gasteiger charge is -2.26. The second kappa shape index (κ2) is 9.83. The Hall–Kier alpha value is -2.71. The van der Waals surface area contributed by atoms with Gasteiger partial charge in [0.2, 0.25) is 5.91 Å². The highest BCUT2D eigenvalue weighted by atomic mass is 32.2. The Morgan fingerprint density at radius 1 is 1.22 bits per heavy atom. The van der Waals surface area contributed by atoms with E-state index in [-0.39, 0.29) is 29.6 Å². The van der Waals surface area contributed by atoms with Gasteiger partial charge in [0.1, 0.15) is 5.82 Å². The van der Waals surface area contributed by atoms with Gasteiger partial charge in [0.15, 0.2) is 11.0 Å². The van der Waals surface area contributed by atoms with E-state index in [1.165, 1.54) is 35.0 Å². The van der Waals surface area contributed by atoms with Gasteiger partial charge in [-0.25, -0.2) is 4.39 Å². The van der Waals surface area contributed by atoms with Crippen molar-refractivity contribution < 1.29 is 9.18 Å². The third kappa shape index (κ3) is 4.86. The van der Waals surface area contributed by atoms with Crippen LogP contribution in [-0.4, -0.2) is 45.4 Å². The highest BCUT2D eigenvalue weighted by Gasteiger charge is 2.24. The summed E-state index contributed by atoms with van der Waals surface area (Å²) in [5.41, 5.74) is 3.30. The number of nitrogens with one attached hydrogen (secondary N) is 1. The number of fused-ring (bicyclic) bond motifs is 1. The minimum Gasteiger partial charge on any atom is -0.349 e. The maximum Gasteiger partial charge on any atom is 0.230 e. The fourth-order valence-electron chi connectivity index (χ4n) is 3.98. The van der Waals surface area contributed by atoms with Crippen molar-refractivity contribution in [3.05, 3.63) is 71.3 Å². The fraction of sp³-hybridized carbons (Fsp3) is 0.375. The molecule has 3 aromatic rings. The van der Waals surface area contributed by atoms with E-state index in [9.17, 15) is 9.18 Å². The second-order valence-corrected chi connectivity index (χ2v) is 9.23. The molecule has 2 aromatic carbocycles. The van der Waals surface area contributed by atoms with Gasteiger partial charge in [0.05, 0.1) is 17.8 Å². The number of nitrogens with zero attached hydrogens (tertiary/aromatic N) is 4. The number of thioether (sulfide) groups is 1. The molecule has 0 aliphatic heterocycles. The van der Waals surface area contributed by atoms with E-state index in [0.717, 1.165) is 30.8 Å². The van der Waals surface area contributed by atoms with Crippen LogP contribution in [0.1, 0.15) is 48.8 Å². The average molecular weight is 454 g/mol. The van der Waals surface area contributed by atoms with Crippen LogP contribution in [0.5, 0.6) is 0 Å². The van der Waals surface area contributed by atoms with Gasteiger partial charge in [-0.2, -0.15) is 0 Å². The molecule has 4 rings (SSSR count). The standard InChI is InChI=1S/C24H28FN5OS/c1-16(29(2)3)23-27-28-24(30(23)19-13-11-18(25)12-14-19)32-15-22(31)26-21-10-6-8-17-7-4-5-9-20(17)21/h4-5,7,9,11-14,16,21H,6,8,10,15H2,1-3H3,(H,26,31)/t16-,21-/m0/s1. The van der Waals surface area contributed by atoms with Crippen molar-refractivity contribution in [3.8, 4) is 5.69 Å². The highest BCUT2D eigenvalue weighted by molar-refractivity contribution is 7.99. The molecule has 1 N–H and O–H groups in total. The summed E-state index contributed by atoms with van der Waals surface area (Å²) < 4.78 is 15.4. The summed E-state index contributed by atoms with van der Waals surface area (Å²) >= 11 is 1.34. The number of hydrogen-bond acceptors (Lipinski definition) is 5. The largest absolute Gasteiger partial charge is 0.349 e. The van der Waals surface area contributed by atoms with Crippen LogP contribution in [0.4, 0.5) is 4.39 Å². The molecular weight excluding hydrogens is 425 g/mol. The van der Waals surface area contributed by atoms with Gasteiger partial charge in [-0.05, 0) is 75.7 Å². The van der Waals surface area contributed by atoms with Crippen molar-refractivity contribution in [2.24, 2.45) is 0 Å². The molecule has 6 nitrogen and oxygen atoms in total. The Morgan fingerprint density at radius 2 is 1.97 bits per heavy atom. The van der Waals surface area contributed by atoms with Crippen LogP contribution >= 0.6 is 11.8 Å². The fourth-order valence-corrected chi connectivity index (χ4v) is 4.75. The van der Waals surface area contributed by atoms with Gasteiger partial charge in [0.25, 0.3) is 0 Å². The third-order valence-electron chi connectivity index (χ3n) is 5.93. The van der Waals surface area contributed by atoms with Crippen LogP contribution in [-0.2, 0) is 11.2 Å². The van der Waals surface area contributed by atoms with E-state index >= 15 is 0 Å². The molecule has 168 valence electrons. The minimum absolute atomic E-state index is 0.00512. The molecular formula is C24H28FN5OS. The maximum absolute atomic E-state index is 13.5. The molecule has 0 spiro atoms.